The van der Waals surface area contributed by atoms with Crippen molar-refractivity contribution in [2.45, 2.75) is 45.7 Å². The molecule has 6 nitrogen and oxygen atoms in total. The minimum atomic E-state index is 0.0983. The van der Waals surface area contributed by atoms with E-state index in [0.29, 0.717) is 25.0 Å². The molecule has 1 heterocycles. The van der Waals surface area contributed by atoms with Gasteiger partial charge in [-0.15, -0.1) is 0 Å². The summed E-state index contributed by atoms with van der Waals surface area (Å²) in [4.78, 5) is 28.1. The van der Waals surface area contributed by atoms with Crippen molar-refractivity contribution in [1.29, 1.82) is 0 Å². The maximum atomic E-state index is 12.0. The first kappa shape index (κ1) is 17.2. The topological polar surface area (TPSA) is 64.7 Å². The Labute approximate surface area is 133 Å². The van der Waals surface area contributed by atoms with Crippen LogP contribution in [0.3, 0.4) is 0 Å². The number of hydrogen-bond donors (Lipinski definition) is 2. The summed E-state index contributed by atoms with van der Waals surface area (Å²) in [7, 11) is 0. The van der Waals surface area contributed by atoms with Crippen molar-refractivity contribution in [1.82, 2.24) is 20.4 Å². The highest BCUT2D eigenvalue weighted by molar-refractivity contribution is 5.79. The van der Waals surface area contributed by atoms with E-state index in [2.05, 4.69) is 34.3 Å². The van der Waals surface area contributed by atoms with E-state index in [1.807, 2.05) is 6.92 Å². The molecule has 1 aliphatic carbocycles. The van der Waals surface area contributed by atoms with Crippen LogP contribution >= 0.6 is 0 Å². The fourth-order valence-corrected chi connectivity index (χ4v) is 2.48. The van der Waals surface area contributed by atoms with Gasteiger partial charge in [0.25, 0.3) is 0 Å². The van der Waals surface area contributed by atoms with Crippen LogP contribution in [0.2, 0.25) is 0 Å². The predicted octanol–water partition coefficient (Wildman–Crippen LogP) is 0.0433. The van der Waals surface area contributed by atoms with E-state index < -0.39 is 0 Å². The monoisotopic (exact) mass is 310 g/mol. The summed E-state index contributed by atoms with van der Waals surface area (Å²) in [5.41, 5.74) is 0. The average Bonchev–Trinajstić information content (AvgIpc) is 3.24. The van der Waals surface area contributed by atoms with Gasteiger partial charge >= 0.3 is 0 Å². The number of carbonyl (C=O) groups is 2. The van der Waals surface area contributed by atoms with Crippen molar-refractivity contribution in [3.05, 3.63) is 0 Å². The van der Waals surface area contributed by atoms with Gasteiger partial charge in [-0.25, -0.2) is 0 Å². The van der Waals surface area contributed by atoms with E-state index in [1.54, 1.807) is 0 Å². The van der Waals surface area contributed by atoms with Crippen LogP contribution in [0.4, 0.5) is 0 Å². The highest BCUT2D eigenvalue weighted by atomic mass is 16.2. The Morgan fingerprint density at radius 3 is 1.91 bits per heavy atom. The normalized spacial score (nSPS) is 21.6. The molecule has 126 valence electrons. The van der Waals surface area contributed by atoms with Gasteiger partial charge < -0.3 is 10.6 Å². The summed E-state index contributed by atoms with van der Waals surface area (Å²) in [5, 5.41) is 6.06. The van der Waals surface area contributed by atoms with Crippen LogP contribution in [0.25, 0.3) is 0 Å². The molecule has 2 aliphatic rings. The van der Waals surface area contributed by atoms with Crippen LogP contribution < -0.4 is 10.6 Å². The first-order valence-electron chi connectivity index (χ1n) is 8.47. The van der Waals surface area contributed by atoms with Crippen LogP contribution in [0.1, 0.15) is 33.6 Å². The maximum Gasteiger partial charge on any atom is 0.234 e. The van der Waals surface area contributed by atoms with Crippen LogP contribution in [0.5, 0.6) is 0 Å². The lowest BCUT2D eigenvalue weighted by molar-refractivity contribution is -0.125. The summed E-state index contributed by atoms with van der Waals surface area (Å²) < 4.78 is 0. The van der Waals surface area contributed by atoms with Crippen LogP contribution in [0, 0.1) is 5.92 Å². The quantitative estimate of drug-likeness (QED) is 0.697. The largest absolute Gasteiger partial charge is 0.352 e. The van der Waals surface area contributed by atoms with Gasteiger partial charge in [0.1, 0.15) is 0 Å². The van der Waals surface area contributed by atoms with Crippen molar-refractivity contribution >= 4 is 11.8 Å². The molecule has 1 unspecified atom stereocenters. The zero-order chi connectivity index (χ0) is 16.1. The maximum absolute atomic E-state index is 12.0. The molecule has 1 aliphatic heterocycles. The first-order valence-corrected chi connectivity index (χ1v) is 8.47. The molecule has 0 bridgehead atoms. The molecular weight excluding hydrogens is 280 g/mol. The SMILES string of the molecule is CC(C)C(C)NC(=O)CN1CCN(CC(=O)NC2CC2)CC1. The van der Waals surface area contributed by atoms with Gasteiger partial charge in [0.2, 0.25) is 11.8 Å². The molecule has 1 saturated heterocycles. The van der Waals surface area contributed by atoms with E-state index in [9.17, 15) is 9.59 Å². The fraction of sp³-hybridized carbons (Fsp3) is 0.875. The smallest absolute Gasteiger partial charge is 0.234 e. The summed E-state index contributed by atoms with van der Waals surface area (Å²) in [6.07, 6.45) is 2.26. The molecular formula is C16H30N4O2. The highest BCUT2D eigenvalue weighted by Crippen LogP contribution is 2.18. The molecule has 22 heavy (non-hydrogen) atoms. The molecule has 6 heteroatoms. The van der Waals surface area contributed by atoms with Crippen molar-refractivity contribution in [3.63, 3.8) is 0 Å². The van der Waals surface area contributed by atoms with E-state index in [1.165, 1.54) is 0 Å². The first-order chi connectivity index (χ1) is 10.4. The molecule has 2 fully saturated rings. The average molecular weight is 310 g/mol. The minimum Gasteiger partial charge on any atom is -0.352 e. The van der Waals surface area contributed by atoms with E-state index in [-0.39, 0.29) is 17.9 Å². The van der Waals surface area contributed by atoms with Crippen molar-refractivity contribution in [2.75, 3.05) is 39.3 Å². The molecule has 1 atom stereocenters. The number of nitrogens with zero attached hydrogens (tertiary/aromatic N) is 2. The van der Waals surface area contributed by atoms with Gasteiger partial charge in [-0.05, 0) is 25.7 Å². The summed E-state index contributed by atoms with van der Waals surface area (Å²) in [6, 6.07) is 0.639. The Kier molecular flexibility index (Phi) is 6.20. The van der Waals surface area contributed by atoms with Gasteiger partial charge in [-0.3, -0.25) is 19.4 Å². The van der Waals surface area contributed by atoms with Crippen LogP contribution in [0.15, 0.2) is 0 Å². The lowest BCUT2D eigenvalue weighted by Gasteiger charge is -2.34. The Balaban J connectivity index is 1.61. The van der Waals surface area contributed by atoms with Crippen LogP contribution in [-0.2, 0) is 9.59 Å². The molecule has 2 N–H and O–H groups in total. The third kappa shape index (κ3) is 5.93. The third-order valence-corrected chi connectivity index (χ3v) is 4.53. The summed E-state index contributed by atoms with van der Waals surface area (Å²) in [6.45, 7) is 10.6. The van der Waals surface area contributed by atoms with Gasteiger partial charge in [0.05, 0.1) is 13.1 Å². The molecule has 2 rings (SSSR count). The molecule has 0 aromatic carbocycles. The highest BCUT2D eigenvalue weighted by Gasteiger charge is 2.25. The molecule has 0 aromatic heterocycles. The van der Waals surface area contributed by atoms with Gasteiger partial charge in [-0.2, -0.15) is 0 Å². The summed E-state index contributed by atoms with van der Waals surface area (Å²) >= 11 is 0. The third-order valence-electron chi connectivity index (χ3n) is 4.53. The van der Waals surface area contributed by atoms with Crippen molar-refractivity contribution < 1.29 is 9.59 Å². The second-order valence-electron chi connectivity index (χ2n) is 6.99. The van der Waals surface area contributed by atoms with Crippen LogP contribution in [-0.4, -0.2) is 73.0 Å². The zero-order valence-corrected chi connectivity index (χ0v) is 14.1. The minimum absolute atomic E-state index is 0.0983. The number of piperazine rings is 1. The fourth-order valence-electron chi connectivity index (χ4n) is 2.48. The number of nitrogens with one attached hydrogen (secondary N) is 2. The van der Waals surface area contributed by atoms with E-state index >= 15 is 0 Å². The number of rotatable bonds is 7. The molecule has 1 saturated carbocycles. The van der Waals surface area contributed by atoms with E-state index in [0.717, 1.165) is 39.0 Å². The lowest BCUT2D eigenvalue weighted by Crippen LogP contribution is -2.52. The Bertz CT molecular complexity index is 388. The van der Waals surface area contributed by atoms with Crippen molar-refractivity contribution in [2.24, 2.45) is 5.92 Å². The van der Waals surface area contributed by atoms with Gasteiger partial charge in [-0.1, -0.05) is 13.8 Å². The second-order valence-corrected chi connectivity index (χ2v) is 6.99. The molecule has 2 amide bonds. The molecule has 0 spiro atoms. The standard InChI is InChI=1S/C16H30N4O2/c1-12(2)13(3)17-15(21)10-19-6-8-20(9-7-19)11-16(22)18-14-4-5-14/h12-14H,4-11H2,1-3H3,(H,17,21)(H,18,22). The Hall–Kier alpha value is -1.14. The Morgan fingerprint density at radius 1 is 0.955 bits per heavy atom. The predicted molar refractivity (Wildman–Crippen MR) is 86.5 cm³/mol. The van der Waals surface area contributed by atoms with Gasteiger partial charge in [0.15, 0.2) is 0 Å². The Morgan fingerprint density at radius 2 is 1.45 bits per heavy atom. The zero-order valence-electron chi connectivity index (χ0n) is 14.1. The number of hydrogen-bond acceptors (Lipinski definition) is 4. The lowest BCUT2D eigenvalue weighted by atomic mass is 10.1. The number of carbonyl (C=O) groups excluding carboxylic acids is 2. The second kappa shape index (κ2) is 7.92. The molecule has 0 aromatic rings. The van der Waals surface area contributed by atoms with E-state index in [4.69, 9.17) is 0 Å². The van der Waals surface area contributed by atoms with Crippen molar-refractivity contribution in [3.8, 4) is 0 Å². The summed E-state index contributed by atoms with van der Waals surface area (Å²) in [5.74, 6) is 0.686. The molecule has 0 radical (unpaired) electrons. The number of amides is 2. The van der Waals surface area contributed by atoms with Gasteiger partial charge in [0, 0.05) is 38.3 Å².